The Morgan fingerprint density at radius 3 is 2.43 bits per heavy atom. The average molecular weight is 350 g/mol. The molecule has 0 aliphatic rings. The summed E-state index contributed by atoms with van der Waals surface area (Å²) >= 11 is 1.43. The largest absolute Gasteiger partial charge is 0.325 e. The van der Waals surface area contributed by atoms with E-state index in [1.54, 1.807) is 26.0 Å². The number of carbonyl (C=O) groups excluding carboxylic acids is 1. The van der Waals surface area contributed by atoms with Gasteiger partial charge >= 0.3 is 0 Å². The predicted octanol–water partition coefficient (Wildman–Crippen LogP) is 2.76. The monoisotopic (exact) mass is 350 g/mol. The molecule has 0 fully saturated rings. The van der Waals surface area contributed by atoms with Crippen molar-refractivity contribution >= 4 is 33.4 Å². The van der Waals surface area contributed by atoms with E-state index < -0.39 is 10.0 Å². The molecule has 0 aromatic heterocycles. The Labute approximate surface area is 140 Å². The first-order chi connectivity index (χ1) is 10.8. The Morgan fingerprint density at radius 1 is 1.17 bits per heavy atom. The van der Waals surface area contributed by atoms with Gasteiger partial charge in [-0.3, -0.25) is 4.79 Å². The van der Waals surface area contributed by atoms with Gasteiger partial charge in [0.25, 0.3) is 0 Å². The smallest absolute Gasteiger partial charge is 0.238 e. The first kappa shape index (κ1) is 17.5. The van der Waals surface area contributed by atoms with Gasteiger partial charge in [0.1, 0.15) is 0 Å². The van der Waals surface area contributed by atoms with Crippen molar-refractivity contribution < 1.29 is 13.2 Å². The third kappa shape index (κ3) is 4.82. The Hall–Kier alpha value is -1.83. The Balaban J connectivity index is 2.11. The fourth-order valence-corrected chi connectivity index (χ4v) is 3.68. The van der Waals surface area contributed by atoms with Crippen LogP contribution in [0, 0.1) is 6.92 Å². The minimum absolute atomic E-state index is 0.0127. The van der Waals surface area contributed by atoms with Crippen LogP contribution in [0.1, 0.15) is 12.5 Å². The van der Waals surface area contributed by atoms with Crippen LogP contribution in [0.25, 0.3) is 0 Å². The number of rotatable bonds is 5. The highest BCUT2D eigenvalue weighted by molar-refractivity contribution is 8.00. The summed E-state index contributed by atoms with van der Waals surface area (Å²) in [6, 6.07) is 14.2. The molecule has 1 amide bonds. The number of anilines is 1. The summed E-state index contributed by atoms with van der Waals surface area (Å²) in [5.74, 6) is -0.205. The Bertz CT molecular complexity index is 805. The lowest BCUT2D eigenvalue weighted by atomic mass is 10.2. The zero-order chi connectivity index (χ0) is 17.0. The summed E-state index contributed by atoms with van der Waals surface area (Å²) in [5, 5.41) is 7.57. The van der Waals surface area contributed by atoms with Crippen molar-refractivity contribution in [3.63, 3.8) is 0 Å². The van der Waals surface area contributed by atoms with Crippen molar-refractivity contribution in [1.29, 1.82) is 0 Å². The zero-order valence-corrected chi connectivity index (χ0v) is 14.4. The van der Waals surface area contributed by atoms with Gasteiger partial charge in [-0.15, -0.1) is 11.8 Å². The highest BCUT2D eigenvalue weighted by Gasteiger charge is 2.17. The van der Waals surface area contributed by atoms with Crippen LogP contribution >= 0.6 is 11.8 Å². The number of sulfonamides is 1. The summed E-state index contributed by atoms with van der Waals surface area (Å²) < 4.78 is 23.1. The summed E-state index contributed by atoms with van der Waals surface area (Å²) in [6.45, 7) is 3.45. The molecule has 0 saturated carbocycles. The summed E-state index contributed by atoms with van der Waals surface area (Å²) in [4.78, 5) is 13.3. The van der Waals surface area contributed by atoms with E-state index in [4.69, 9.17) is 5.14 Å². The molecule has 122 valence electrons. The standard InChI is InChI=1S/C16H18N2O3S2/c1-11-8-9-13(10-15(11)23(17,20)21)18-16(19)12(2)22-14-6-4-3-5-7-14/h3-10,12H,1-2H3,(H,18,19)(H2,17,20,21)/t12-/m1/s1. The predicted molar refractivity (Wildman–Crippen MR) is 92.9 cm³/mol. The molecule has 0 spiro atoms. The van der Waals surface area contributed by atoms with Crippen molar-refractivity contribution in [2.75, 3.05) is 5.32 Å². The van der Waals surface area contributed by atoms with Crippen molar-refractivity contribution in [3.8, 4) is 0 Å². The molecule has 1 atom stereocenters. The van der Waals surface area contributed by atoms with Crippen LogP contribution in [0.5, 0.6) is 0 Å². The van der Waals surface area contributed by atoms with E-state index in [1.807, 2.05) is 30.3 Å². The zero-order valence-electron chi connectivity index (χ0n) is 12.8. The van der Waals surface area contributed by atoms with E-state index in [0.29, 0.717) is 11.3 Å². The normalized spacial score (nSPS) is 12.7. The third-order valence-electron chi connectivity index (χ3n) is 3.19. The number of amides is 1. The maximum atomic E-state index is 12.3. The van der Waals surface area contributed by atoms with Gasteiger partial charge in [-0.25, -0.2) is 13.6 Å². The van der Waals surface area contributed by atoms with Gasteiger partial charge in [0, 0.05) is 10.6 Å². The molecule has 5 nitrogen and oxygen atoms in total. The first-order valence-electron chi connectivity index (χ1n) is 6.93. The number of aryl methyl sites for hydroxylation is 1. The van der Waals surface area contributed by atoms with Gasteiger partial charge in [-0.1, -0.05) is 24.3 Å². The lowest BCUT2D eigenvalue weighted by molar-refractivity contribution is -0.115. The van der Waals surface area contributed by atoms with Crippen molar-refractivity contribution in [2.24, 2.45) is 5.14 Å². The molecule has 2 rings (SSSR count). The van der Waals surface area contributed by atoms with Gasteiger partial charge in [-0.05, 0) is 43.7 Å². The number of primary sulfonamides is 1. The molecule has 0 aliphatic heterocycles. The Morgan fingerprint density at radius 2 is 1.83 bits per heavy atom. The number of hydrogen-bond donors (Lipinski definition) is 2. The maximum Gasteiger partial charge on any atom is 0.238 e. The molecule has 23 heavy (non-hydrogen) atoms. The highest BCUT2D eigenvalue weighted by atomic mass is 32.2. The molecule has 0 bridgehead atoms. The van der Waals surface area contributed by atoms with Crippen LogP contribution in [0.4, 0.5) is 5.69 Å². The minimum atomic E-state index is -3.82. The van der Waals surface area contributed by atoms with E-state index in [9.17, 15) is 13.2 Å². The lowest BCUT2D eigenvalue weighted by Crippen LogP contribution is -2.23. The maximum absolute atomic E-state index is 12.3. The van der Waals surface area contributed by atoms with Crippen LogP contribution in [-0.2, 0) is 14.8 Å². The number of hydrogen-bond acceptors (Lipinski definition) is 4. The van der Waals surface area contributed by atoms with Crippen LogP contribution < -0.4 is 10.5 Å². The molecule has 0 saturated heterocycles. The van der Waals surface area contributed by atoms with Gasteiger partial charge in [0.05, 0.1) is 10.1 Å². The van der Waals surface area contributed by atoms with Crippen molar-refractivity contribution in [3.05, 3.63) is 54.1 Å². The number of nitrogens with two attached hydrogens (primary N) is 1. The molecular formula is C16H18N2O3S2. The molecule has 2 aromatic carbocycles. The summed E-state index contributed by atoms with van der Waals surface area (Å²) in [5.41, 5.74) is 0.947. The fourth-order valence-electron chi connectivity index (χ4n) is 1.98. The van der Waals surface area contributed by atoms with Crippen molar-refractivity contribution in [1.82, 2.24) is 0 Å². The molecule has 0 heterocycles. The second-order valence-electron chi connectivity index (χ2n) is 5.09. The van der Waals surface area contributed by atoms with Gasteiger partial charge in [0.15, 0.2) is 0 Å². The van der Waals surface area contributed by atoms with E-state index in [-0.39, 0.29) is 16.1 Å². The average Bonchev–Trinajstić information content (AvgIpc) is 2.49. The second kappa shape index (κ2) is 7.16. The van der Waals surface area contributed by atoms with E-state index in [0.717, 1.165) is 4.90 Å². The molecule has 0 aliphatic carbocycles. The molecule has 7 heteroatoms. The molecule has 0 radical (unpaired) electrons. The molecule has 2 aromatic rings. The minimum Gasteiger partial charge on any atom is -0.325 e. The molecular weight excluding hydrogens is 332 g/mol. The van der Waals surface area contributed by atoms with Gasteiger partial charge in [0.2, 0.25) is 15.9 Å². The van der Waals surface area contributed by atoms with Crippen LogP contribution in [0.3, 0.4) is 0 Å². The van der Waals surface area contributed by atoms with E-state index in [1.165, 1.54) is 17.8 Å². The molecule has 3 N–H and O–H groups in total. The van der Waals surface area contributed by atoms with E-state index in [2.05, 4.69) is 5.32 Å². The highest BCUT2D eigenvalue weighted by Crippen LogP contribution is 2.24. The van der Waals surface area contributed by atoms with Crippen LogP contribution in [-0.4, -0.2) is 19.6 Å². The SMILES string of the molecule is Cc1ccc(NC(=O)[C@@H](C)Sc2ccccc2)cc1S(N)(=O)=O. The summed E-state index contributed by atoms with van der Waals surface area (Å²) in [7, 11) is -3.82. The summed E-state index contributed by atoms with van der Waals surface area (Å²) in [6.07, 6.45) is 0. The Kier molecular flexibility index (Phi) is 5.46. The number of benzene rings is 2. The van der Waals surface area contributed by atoms with Gasteiger partial charge < -0.3 is 5.32 Å². The quantitative estimate of drug-likeness (QED) is 0.812. The van der Waals surface area contributed by atoms with E-state index >= 15 is 0 Å². The van der Waals surface area contributed by atoms with Crippen molar-refractivity contribution in [2.45, 2.75) is 28.9 Å². The number of carbonyl (C=O) groups is 1. The molecule has 0 unspecified atom stereocenters. The van der Waals surface area contributed by atoms with Crippen LogP contribution in [0.15, 0.2) is 58.3 Å². The van der Waals surface area contributed by atoms with Crippen LogP contribution in [0.2, 0.25) is 0 Å². The third-order valence-corrected chi connectivity index (χ3v) is 5.35. The fraction of sp³-hybridized carbons (Fsp3) is 0.188. The number of nitrogens with one attached hydrogen (secondary N) is 1. The number of thioether (sulfide) groups is 1. The first-order valence-corrected chi connectivity index (χ1v) is 9.36. The topological polar surface area (TPSA) is 89.3 Å². The van der Waals surface area contributed by atoms with Gasteiger partial charge in [-0.2, -0.15) is 0 Å². The lowest BCUT2D eigenvalue weighted by Gasteiger charge is -2.13. The second-order valence-corrected chi connectivity index (χ2v) is 8.03.